The lowest BCUT2D eigenvalue weighted by molar-refractivity contribution is 0.480. The first-order chi connectivity index (χ1) is 7.13. The molecule has 74 valence electrons. The van der Waals surface area contributed by atoms with Gasteiger partial charge in [-0.3, -0.25) is 0 Å². The van der Waals surface area contributed by atoms with Gasteiger partial charge in [0.2, 0.25) is 0 Å². The quantitative estimate of drug-likeness (QED) is 0.718. The number of nitrogens with two attached hydrogens (primary N) is 1. The molecule has 0 spiro atoms. The molecule has 3 N–H and O–H groups in total. The first-order valence-electron chi connectivity index (χ1n) is 4.24. The Morgan fingerprint density at radius 2 is 2.07 bits per heavy atom. The van der Waals surface area contributed by atoms with Crippen molar-refractivity contribution >= 4 is 32.4 Å². The van der Waals surface area contributed by atoms with Crippen LogP contribution < -0.4 is 5.73 Å². The second kappa shape index (κ2) is 3.44. The Bertz CT molecular complexity index is 587. The third-order valence-corrected chi connectivity index (χ3v) is 2.81. The van der Waals surface area contributed by atoms with E-state index >= 15 is 0 Å². The minimum atomic E-state index is -0.0122. The zero-order chi connectivity index (χ0) is 11.0. The van der Waals surface area contributed by atoms with E-state index in [1.807, 2.05) is 6.07 Å². The molecule has 0 amide bonds. The lowest BCUT2D eigenvalue weighted by atomic mass is 10.1. The maximum absolute atomic E-state index is 9.83. The topological polar surface area (TPSA) is 70.0 Å². The van der Waals surface area contributed by atoms with Crippen molar-refractivity contribution in [2.75, 3.05) is 5.73 Å². The number of nitrogen functional groups attached to an aromatic ring is 1. The Kier molecular flexibility index (Phi) is 2.25. The number of benzene rings is 2. The van der Waals surface area contributed by atoms with Crippen molar-refractivity contribution < 1.29 is 5.11 Å². The van der Waals surface area contributed by atoms with Gasteiger partial charge in [-0.2, -0.15) is 5.26 Å². The highest BCUT2D eigenvalue weighted by molar-refractivity contribution is 9.10. The fourth-order valence-corrected chi connectivity index (χ4v) is 2.19. The van der Waals surface area contributed by atoms with Crippen LogP contribution in [0.3, 0.4) is 0 Å². The fourth-order valence-electron chi connectivity index (χ4n) is 1.51. The molecule has 4 heteroatoms. The molecule has 0 atom stereocenters. The van der Waals surface area contributed by atoms with Crippen molar-refractivity contribution in [3.63, 3.8) is 0 Å². The van der Waals surface area contributed by atoms with Crippen LogP contribution in [0.2, 0.25) is 0 Å². The summed E-state index contributed by atoms with van der Waals surface area (Å²) >= 11 is 3.31. The Balaban J connectivity index is 2.94. The molecule has 0 aliphatic rings. The Morgan fingerprint density at radius 3 is 2.73 bits per heavy atom. The molecule has 0 unspecified atom stereocenters. The number of nitriles is 1. The number of phenols is 1. The molecule has 2 aromatic carbocycles. The van der Waals surface area contributed by atoms with Crippen LogP contribution >= 0.6 is 15.9 Å². The molecular weight excluding hydrogens is 256 g/mol. The third-order valence-electron chi connectivity index (χ3n) is 2.18. The van der Waals surface area contributed by atoms with E-state index in [2.05, 4.69) is 15.9 Å². The highest BCUT2D eigenvalue weighted by atomic mass is 79.9. The summed E-state index contributed by atoms with van der Waals surface area (Å²) in [6.07, 6.45) is 0. The Morgan fingerprint density at radius 1 is 1.33 bits per heavy atom. The molecule has 0 saturated heterocycles. The van der Waals surface area contributed by atoms with E-state index < -0.39 is 0 Å². The molecule has 0 aromatic heterocycles. The molecule has 0 saturated carbocycles. The number of rotatable bonds is 0. The number of aromatic hydroxyl groups is 1. The van der Waals surface area contributed by atoms with Gasteiger partial charge in [0.05, 0.1) is 5.56 Å². The molecule has 0 heterocycles. The molecule has 2 rings (SSSR count). The van der Waals surface area contributed by atoms with E-state index in [4.69, 9.17) is 11.0 Å². The normalized spacial score (nSPS) is 10.1. The number of nitrogens with zero attached hydrogens (tertiary/aromatic N) is 1. The van der Waals surface area contributed by atoms with Gasteiger partial charge in [-0.05, 0) is 39.5 Å². The minimum absolute atomic E-state index is 0.0122. The van der Waals surface area contributed by atoms with Crippen LogP contribution in [0.5, 0.6) is 5.75 Å². The molecule has 0 radical (unpaired) electrons. The van der Waals surface area contributed by atoms with E-state index in [0.29, 0.717) is 15.5 Å². The molecule has 0 aliphatic carbocycles. The van der Waals surface area contributed by atoms with Gasteiger partial charge in [0.15, 0.2) is 0 Å². The monoisotopic (exact) mass is 262 g/mol. The van der Waals surface area contributed by atoms with Gasteiger partial charge in [-0.15, -0.1) is 0 Å². The van der Waals surface area contributed by atoms with Crippen LogP contribution in [-0.2, 0) is 0 Å². The molecule has 3 nitrogen and oxygen atoms in total. The zero-order valence-corrected chi connectivity index (χ0v) is 9.25. The van der Waals surface area contributed by atoms with Gasteiger partial charge in [0.1, 0.15) is 11.8 Å². The van der Waals surface area contributed by atoms with E-state index in [1.165, 1.54) is 0 Å². The number of fused-ring (bicyclic) bond motifs is 1. The summed E-state index contributed by atoms with van der Waals surface area (Å²) in [6.45, 7) is 0. The van der Waals surface area contributed by atoms with Gasteiger partial charge in [-0.1, -0.05) is 6.07 Å². The minimum Gasteiger partial charge on any atom is -0.506 e. The van der Waals surface area contributed by atoms with Gasteiger partial charge >= 0.3 is 0 Å². The molecule has 15 heavy (non-hydrogen) atoms. The summed E-state index contributed by atoms with van der Waals surface area (Å²) in [5, 5.41) is 20.0. The second-order valence-corrected chi connectivity index (χ2v) is 4.03. The molecule has 0 bridgehead atoms. The maximum atomic E-state index is 9.83. The average Bonchev–Trinajstić information content (AvgIpc) is 2.17. The standard InChI is InChI=1S/C11H7BrN2O/c12-9-4-8(14)3-6-1-2-7(5-13)11(15)10(6)9/h1-4,15H,14H2. The summed E-state index contributed by atoms with van der Waals surface area (Å²) in [6, 6.07) is 8.71. The van der Waals surface area contributed by atoms with Crippen molar-refractivity contribution in [2.45, 2.75) is 0 Å². The van der Waals surface area contributed by atoms with Crippen LogP contribution in [0.1, 0.15) is 5.56 Å². The zero-order valence-electron chi connectivity index (χ0n) is 7.66. The maximum Gasteiger partial charge on any atom is 0.142 e. The van der Waals surface area contributed by atoms with Crippen molar-refractivity contribution in [3.05, 3.63) is 34.3 Å². The van der Waals surface area contributed by atoms with Crippen molar-refractivity contribution in [1.82, 2.24) is 0 Å². The van der Waals surface area contributed by atoms with Gasteiger partial charge in [0.25, 0.3) is 0 Å². The molecule has 2 aromatic rings. The van der Waals surface area contributed by atoms with Crippen molar-refractivity contribution in [3.8, 4) is 11.8 Å². The number of phenolic OH excluding ortho intramolecular Hbond substituents is 1. The van der Waals surface area contributed by atoms with Gasteiger partial charge in [0, 0.05) is 15.5 Å². The lowest BCUT2D eigenvalue weighted by Gasteiger charge is -2.06. The number of anilines is 1. The van der Waals surface area contributed by atoms with Crippen LogP contribution in [0.25, 0.3) is 10.8 Å². The smallest absolute Gasteiger partial charge is 0.142 e. The largest absolute Gasteiger partial charge is 0.506 e. The summed E-state index contributed by atoms with van der Waals surface area (Å²) in [4.78, 5) is 0. The van der Waals surface area contributed by atoms with Gasteiger partial charge in [-0.25, -0.2) is 0 Å². The van der Waals surface area contributed by atoms with E-state index in [-0.39, 0.29) is 11.3 Å². The van der Waals surface area contributed by atoms with Crippen LogP contribution in [0, 0.1) is 11.3 Å². The average molecular weight is 263 g/mol. The highest BCUT2D eigenvalue weighted by Gasteiger charge is 2.09. The first kappa shape index (κ1) is 9.81. The third kappa shape index (κ3) is 1.51. The van der Waals surface area contributed by atoms with Crippen LogP contribution in [0.4, 0.5) is 5.69 Å². The number of halogens is 1. The molecular formula is C11H7BrN2O. The van der Waals surface area contributed by atoms with E-state index in [1.54, 1.807) is 24.3 Å². The van der Waals surface area contributed by atoms with Gasteiger partial charge < -0.3 is 10.8 Å². The SMILES string of the molecule is N#Cc1ccc2cc(N)cc(Br)c2c1O. The van der Waals surface area contributed by atoms with Crippen LogP contribution in [0.15, 0.2) is 28.7 Å². The summed E-state index contributed by atoms with van der Waals surface area (Å²) in [7, 11) is 0. The summed E-state index contributed by atoms with van der Waals surface area (Å²) in [5.41, 5.74) is 6.54. The summed E-state index contributed by atoms with van der Waals surface area (Å²) < 4.78 is 0.687. The summed E-state index contributed by atoms with van der Waals surface area (Å²) in [5.74, 6) is -0.0122. The van der Waals surface area contributed by atoms with E-state index in [0.717, 1.165) is 5.39 Å². The van der Waals surface area contributed by atoms with E-state index in [9.17, 15) is 5.11 Å². The Labute approximate surface area is 94.9 Å². The van der Waals surface area contributed by atoms with Crippen molar-refractivity contribution in [1.29, 1.82) is 5.26 Å². The molecule has 0 fully saturated rings. The fraction of sp³-hybridized carbons (Fsp3) is 0. The lowest BCUT2D eigenvalue weighted by Crippen LogP contribution is -1.87. The predicted octanol–water partition coefficient (Wildman–Crippen LogP) is 2.76. The number of hydrogen-bond acceptors (Lipinski definition) is 3. The molecule has 0 aliphatic heterocycles. The number of hydrogen-bond donors (Lipinski definition) is 2. The van der Waals surface area contributed by atoms with Crippen molar-refractivity contribution in [2.24, 2.45) is 0 Å². The second-order valence-electron chi connectivity index (χ2n) is 3.17. The van der Waals surface area contributed by atoms with Crippen LogP contribution in [-0.4, -0.2) is 5.11 Å². The highest BCUT2D eigenvalue weighted by Crippen LogP contribution is 2.35. The Hall–Kier alpha value is -1.73. The predicted molar refractivity (Wildman–Crippen MR) is 62.4 cm³/mol. The first-order valence-corrected chi connectivity index (χ1v) is 5.03.